The minimum Gasteiger partial charge on any atom is -0.410 e. The van der Waals surface area contributed by atoms with Crippen LogP contribution in [-0.4, -0.2) is 19.6 Å². The highest BCUT2D eigenvalue weighted by atomic mass is 79.9. The number of aryl methyl sites for hydroxylation is 2. The smallest absolute Gasteiger partial charge is 0.277 e. The second kappa shape index (κ2) is 6.65. The third-order valence-corrected chi connectivity index (χ3v) is 5.24. The van der Waals surface area contributed by atoms with Gasteiger partial charge in [-0.1, -0.05) is 45.9 Å². The SMILES string of the molecule is Cc1ccc2nc(C)c(-c3nnc(SCc4ccc(Br)cc4)o3)n2c1. The van der Waals surface area contributed by atoms with Gasteiger partial charge in [-0.05, 0) is 43.2 Å². The van der Waals surface area contributed by atoms with Crippen LogP contribution in [0.5, 0.6) is 0 Å². The molecule has 0 aliphatic carbocycles. The van der Waals surface area contributed by atoms with E-state index in [9.17, 15) is 0 Å². The van der Waals surface area contributed by atoms with E-state index in [1.54, 1.807) is 0 Å². The molecule has 1 aromatic carbocycles. The van der Waals surface area contributed by atoms with Crippen LogP contribution in [-0.2, 0) is 5.75 Å². The molecule has 0 aliphatic heterocycles. The average Bonchev–Trinajstić information content (AvgIpc) is 3.17. The summed E-state index contributed by atoms with van der Waals surface area (Å²) in [5.74, 6) is 1.27. The maximum absolute atomic E-state index is 5.87. The predicted octanol–water partition coefficient (Wildman–Crippen LogP) is 5.06. The minimum atomic E-state index is 0.494. The Hall–Kier alpha value is -2.12. The van der Waals surface area contributed by atoms with Crippen LogP contribution in [0.1, 0.15) is 16.8 Å². The number of benzene rings is 1. The van der Waals surface area contributed by atoms with Crippen LogP contribution in [0.3, 0.4) is 0 Å². The fourth-order valence-electron chi connectivity index (χ4n) is 2.62. The molecule has 4 aromatic rings. The topological polar surface area (TPSA) is 56.2 Å². The van der Waals surface area contributed by atoms with E-state index < -0.39 is 0 Å². The highest BCUT2D eigenvalue weighted by Crippen LogP contribution is 2.28. The Labute approximate surface area is 157 Å². The number of fused-ring (bicyclic) bond motifs is 1. The molecule has 0 saturated heterocycles. The van der Waals surface area contributed by atoms with Crippen LogP contribution in [0.2, 0.25) is 0 Å². The Bertz CT molecular complexity index is 1040. The fraction of sp³-hybridized carbons (Fsp3) is 0.167. The van der Waals surface area contributed by atoms with Gasteiger partial charge in [-0.3, -0.25) is 4.40 Å². The van der Waals surface area contributed by atoms with Crippen LogP contribution >= 0.6 is 27.7 Å². The molecule has 0 N–H and O–H groups in total. The quantitative estimate of drug-likeness (QED) is 0.437. The molecule has 0 fully saturated rings. The summed E-state index contributed by atoms with van der Waals surface area (Å²) in [6.07, 6.45) is 2.03. The standard InChI is InChI=1S/C18H15BrN4OS/c1-11-3-8-15-20-12(2)16(23(15)9-11)17-21-22-18(24-17)25-10-13-4-6-14(19)7-5-13/h3-9H,10H2,1-2H3. The summed E-state index contributed by atoms with van der Waals surface area (Å²) in [6.45, 7) is 4.00. The van der Waals surface area contributed by atoms with Crippen molar-refractivity contribution in [2.75, 3.05) is 0 Å². The highest BCUT2D eigenvalue weighted by molar-refractivity contribution is 9.10. The zero-order chi connectivity index (χ0) is 17.4. The Kier molecular flexibility index (Phi) is 4.35. The van der Waals surface area contributed by atoms with Crippen molar-refractivity contribution in [2.45, 2.75) is 24.8 Å². The van der Waals surface area contributed by atoms with Gasteiger partial charge in [-0.25, -0.2) is 4.98 Å². The molecular weight excluding hydrogens is 400 g/mol. The number of nitrogens with zero attached hydrogens (tertiary/aromatic N) is 4. The third kappa shape index (κ3) is 3.34. The van der Waals surface area contributed by atoms with E-state index in [1.807, 2.05) is 48.7 Å². The zero-order valence-corrected chi connectivity index (χ0v) is 16.1. The van der Waals surface area contributed by atoms with E-state index in [0.717, 1.165) is 32.8 Å². The van der Waals surface area contributed by atoms with E-state index in [-0.39, 0.29) is 0 Å². The van der Waals surface area contributed by atoms with Gasteiger partial charge >= 0.3 is 0 Å². The molecule has 4 rings (SSSR count). The van der Waals surface area contributed by atoms with E-state index >= 15 is 0 Å². The number of aromatic nitrogens is 4. The molecule has 5 nitrogen and oxygen atoms in total. The van der Waals surface area contributed by atoms with Crippen molar-refractivity contribution in [3.63, 3.8) is 0 Å². The molecule has 0 atom stereocenters. The van der Waals surface area contributed by atoms with E-state index in [4.69, 9.17) is 4.42 Å². The normalized spacial score (nSPS) is 11.3. The molecule has 0 radical (unpaired) electrons. The van der Waals surface area contributed by atoms with Crippen molar-refractivity contribution in [1.82, 2.24) is 19.6 Å². The zero-order valence-electron chi connectivity index (χ0n) is 13.7. The van der Waals surface area contributed by atoms with Crippen molar-refractivity contribution in [3.05, 3.63) is 63.9 Å². The third-order valence-electron chi connectivity index (χ3n) is 3.83. The summed E-state index contributed by atoms with van der Waals surface area (Å²) in [4.78, 5) is 4.57. The second-order valence-electron chi connectivity index (χ2n) is 5.77. The molecule has 126 valence electrons. The molecule has 0 unspecified atom stereocenters. The number of pyridine rings is 1. The highest BCUT2D eigenvalue weighted by Gasteiger charge is 2.17. The van der Waals surface area contributed by atoms with Crippen LogP contribution in [0, 0.1) is 13.8 Å². The van der Waals surface area contributed by atoms with Crippen LogP contribution in [0.4, 0.5) is 0 Å². The van der Waals surface area contributed by atoms with Crippen LogP contribution in [0.15, 0.2) is 56.7 Å². The maximum Gasteiger partial charge on any atom is 0.277 e. The summed E-state index contributed by atoms with van der Waals surface area (Å²) in [5.41, 5.74) is 4.95. The lowest BCUT2D eigenvalue weighted by Crippen LogP contribution is -1.90. The van der Waals surface area contributed by atoms with Crippen molar-refractivity contribution < 1.29 is 4.42 Å². The second-order valence-corrected chi connectivity index (χ2v) is 7.61. The minimum absolute atomic E-state index is 0.494. The molecule has 7 heteroatoms. The monoisotopic (exact) mass is 414 g/mol. The Balaban J connectivity index is 1.60. The molecule has 3 heterocycles. The number of hydrogen-bond donors (Lipinski definition) is 0. The van der Waals surface area contributed by atoms with Crippen molar-refractivity contribution >= 4 is 33.3 Å². The van der Waals surface area contributed by atoms with Gasteiger partial charge in [0.25, 0.3) is 11.1 Å². The van der Waals surface area contributed by atoms with E-state index in [1.165, 1.54) is 17.3 Å². The van der Waals surface area contributed by atoms with E-state index in [2.05, 4.69) is 43.2 Å². The Morgan fingerprint density at radius 2 is 1.88 bits per heavy atom. The summed E-state index contributed by atoms with van der Waals surface area (Å²) < 4.78 is 8.94. The number of hydrogen-bond acceptors (Lipinski definition) is 5. The molecule has 0 bridgehead atoms. The van der Waals surface area contributed by atoms with Gasteiger partial charge in [0.2, 0.25) is 0 Å². The van der Waals surface area contributed by atoms with Gasteiger partial charge in [0.15, 0.2) is 0 Å². The Morgan fingerprint density at radius 3 is 2.68 bits per heavy atom. The average molecular weight is 415 g/mol. The summed E-state index contributed by atoms with van der Waals surface area (Å²) in [7, 11) is 0. The first-order valence-corrected chi connectivity index (χ1v) is 9.54. The van der Waals surface area contributed by atoms with Crippen LogP contribution in [0.25, 0.3) is 17.2 Å². The van der Waals surface area contributed by atoms with E-state index in [0.29, 0.717) is 11.1 Å². The van der Waals surface area contributed by atoms with Crippen LogP contribution < -0.4 is 0 Å². The first-order chi connectivity index (χ1) is 12.1. The number of imidazole rings is 1. The number of thioether (sulfide) groups is 1. The fourth-order valence-corrected chi connectivity index (χ4v) is 3.60. The van der Waals surface area contributed by atoms with Gasteiger partial charge in [0.1, 0.15) is 11.3 Å². The first-order valence-electron chi connectivity index (χ1n) is 7.76. The largest absolute Gasteiger partial charge is 0.410 e. The molecule has 0 saturated carbocycles. The van der Waals surface area contributed by atoms with Gasteiger partial charge in [-0.2, -0.15) is 0 Å². The van der Waals surface area contributed by atoms with Crippen molar-refractivity contribution in [3.8, 4) is 11.6 Å². The van der Waals surface area contributed by atoms with Crippen molar-refractivity contribution in [1.29, 1.82) is 0 Å². The summed E-state index contributed by atoms with van der Waals surface area (Å²) in [6, 6.07) is 12.2. The number of rotatable bonds is 4. The molecule has 0 amide bonds. The lowest BCUT2D eigenvalue weighted by Gasteiger charge is -2.00. The molecule has 25 heavy (non-hydrogen) atoms. The van der Waals surface area contributed by atoms with Gasteiger partial charge in [0, 0.05) is 16.4 Å². The number of halogens is 1. The van der Waals surface area contributed by atoms with Gasteiger partial charge in [0.05, 0.1) is 5.69 Å². The summed E-state index contributed by atoms with van der Waals surface area (Å²) >= 11 is 4.97. The summed E-state index contributed by atoms with van der Waals surface area (Å²) in [5, 5.41) is 8.95. The van der Waals surface area contributed by atoms with Gasteiger partial charge < -0.3 is 4.42 Å². The molecule has 0 spiro atoms. The molecule has 3 aromatic heterocycles. The maximum atomic E-state index is 5.87. The van der Waals surface area contributed by atoms with Crippen molar-refractivity contribution in [2.24, 2.45) is 0 Å². The lowest BCUT2D eigenvalue weighted by atomic mass is 10.2. The first kappa shape index (κ1) is 16.4. The molecule has 0 aliphatic rings. The molecular formula is C18H15BrN4OS. The lowest BCUT2D eigenvalue weighted by molar-refractivity contribution is 0.464. The predicted molar refractivity (Wildman–Crippen MR) is 102 cm³/mol. The Morgan fingerprint density at radius 1 is 1.08 bits per heavy atom. The van der Waals surface area contributed by atoms with Gasteiger partial charge in [-0.15, -0.1) is 10.2 Å².